The van der Waals surface area contributed by atoms with E-state index in [9.17, 15) is 9.18 Å². The molecule has 0 radical (unpaired) electrons. The molecule has 0 aliphatic rings. The van der Waals surface area contributed by atoms with Crippen molar-refractivity contribution in [3.05, 3.63) is 47.8 Å². The number of benzene rings is 2. The first kappa shape index (κ1) is 20.0. The fraction of sp³-hybridized carbons (Fsp3) is 0.263. The predicted molar refractivity (Wildman–Crippen MR) is 98.3 cm³/mol. The molecule has 2 aromatic carbocycles. The highest BCUT2D eigenvalue weighted by Gasteiger charge is 2.14. The first-order valence-electron chi connectivity index (χ1n) is 8.01. The number of carbonyl (C=O) groups excluding carboxylic acids is 1. The molecule has 0 fully saturated rings. The number of nitrogens with zero attached hydrogens (tertiary/aromatic N) is 1. The van der Waals surface area contributed by atoms with Gasteiger partial charge < -0.3 is 18.9 Å². The van der Waals surface area contributed by atoms with Crippen molar-refractivity contribution in [2.45, 2.75) is 6.92 Å². The van der Waals surface area contributed by atoms with E-state index in [2.05, 4.69) is 10.5 Å². The van der Waals surface area contributed by atoms with Crippen LogP contribution in [0.2, 0.25) is 0 Å². The average molecular weight is 376 g/mol. The number of carbonyl (C=O) groups is 1. The molecule has 0 saturated heterocycles. The molecule has 144 valence electrons. The fourth-order valence-corrected chi connectivity index (χ4v) is 2.24. The molecule has 0 aromatic heterocycles. The van der Waals surface area contributed by atoms with Gasteiger partial charge in [0, 0.05) is 5.56 Å². The molecule has 0 aliphatic carbocycles. The van der Waals surface area contributed by atoms with Gasteiger partial charge in [-0.1, -0.05) is 12.1 Å². The minimum Gasteiger partial charge on any atom is -0.493 e. The maximum absolute atomic E-state index is 13.5. The lowest BCUT2D eigenvalue weighted by Gasteiger charge is -2.14. The zero-order valence-electron chi connectivity index (χ0n) is 15.5. The van der Waals surface area contributed by atoms with Gasteiger partial charge >= 0.3 is 0 Å². The third kappa shape index (κ3) is 5.10. The first-order valence-corrected chi connectivity index (χ1v) is 8.01. The number of halogens is 1. The van der Waals surface area contributed by atoms with Crippen molar-refractivity contribution in [1.29, 1.82) is 0 Å². The van der Waals surface area contributed by atoms with Crippen LogP contribution in [-0.2, 0) is 4.79 Å². The molecular formula is C19H21FN2O5. The standard InChI is InChI=1S/C19H21FN2O5/c1-12(13-9-16(24-2)19(26-4)17(10-13)25-3)21-22-18(23)11-27-15-8-6-5-7-14(15)20/h5-10H,11H2,1-4H3,(H,22,23)/b21-12+. The average Bonchev–Trinajstić information content (AvgIpc) is 2.70. The van der Waals surface area contributed by atoms with Crippen molar-refractivity contribution in [2.24, 2.45) is 5.10 Å². The number of para-hydroxylation sites is 1. The summed E-state index contributed by atoms with van der Waals surface area (Å²) in [7, 11) is 4.53. The van der Waals surface area contributed by atoms with Crippen molar-refractivity contribution in [3.63, 3.8) is 0 Å². The second kappa shape index (κ2) is 9.42. The third-order valence-corrected chi connectivity index (χ3v) is 3.63. The van der Waals surface area contributed by atoms with Crippen molar-refractivity contribution in [2.75, 3.05) is 27.9 Å². The van der Waals surface area contributed by atoms with Crippen LogP contribution in [0.5, 0.6) is 23.0 Å². The summed E-state index contributed by atoms with van der Waals surface area (Å²) in [6, 6.07) is 9.26. The fourth-order valence-electron chi connectivity index (χ4n) is 2.24. The van der Waals surface area contributed by atoms with E-state index in [0.29, 0.717) is 28.5 Å². The molecule has 7 nitrogen and oxygen atoms in total. The van der Waals surface area contributed by atoms with E-state index in [-0.39, 0.29) is 12.4 Å². The van der Waals surface area contributed by atoms with Crippen molar-refractivity contribution in [1.82, 2.24) is 5.43 Å². The van der Waals surface area contributed by atoms with Crippen LogP contribution < -0.4 is 24.4 Å². The molecule has 0 bridgehead atoms. The van der Waals surface area contributed by atoms with Crippen molar-refractivity contribution in [3.8, 4) is 23.0 Å². The minimum absolute atomic E-state index is 0.00187. The number of hydrogen-bond donors (Lipinski definition) is 1. The lowest BCUT2D eigenvalue weighted by molar-refractivity contribution is -0.123. The molecule has 0 saturated carbocycles. The molecule has 1 N–H and O–H groups in total. The van der Waals surface area contributed by atoms with Gasteiger partial charge in [-0.2, -0.15) is 5.10 Å². The summed E-state index contributed by atoms with van der Waals surface area (Å²) >= 11 is 0. The second-order valence-electron chi connectivity index (χ2n) is 5.37. The molecule has 0 atom stereocenters. The molecule has 2 aromatic rings. The van der Waals surface area contributed by atoms with E-state index in [1.165, 1.54) is 39.5 Å². The number of hydrazone groups is 1. The Kier molecular flexibility index (Phi) is 6.99. The second-order valence-corrected chi connectivity index (χ2v) is 5.37. The van der Waals surface area contributed by atoms with E-state index in [0.717, 1.165) is 0 Å². The van der Waals surface area contributed by atoms with Crippen LogP contribution in [0.15, 0.2) is 41.5 Å². The van der Waals surface area contributed by atoms with Crippen molar-refractivity contribution >= 4 is 11.6 Å². The van der Waals surface area contributed by atoms with Gasteiger partial charge in [-0.15, -0.1) is 0 Å². The number of ether oxygens (including phenoxy) is 4. The van der Waals surface area contributed by atoms with Crippen molar-refractivity contribution < 1.29 is 28.1 Å². The van der Waals surface area contributed by atoms with Crippen LogP contribution in [0, 0.1) is 5.82 Å². The molecule has 0 heterocycles. The largest absolute Gasteiger partial charge is 0.493 e. The zero-order valence-corrected chi connectivity index (χ0v) is 15.5. The molecule has 2 rings (SSSR count). The minimum atomic E-state index is -0.539. The SMILES string of the molecule is COc1cc(/C(C)=N/NC(=O)COc2ccccc2F)cc(OC)c1OC. The van der Waals surface area contributed by atoms with Crippen LogP contribution in [0.25, 0.3) is 0 Å². The maximum atomic E-state index is 13.5. The summed E-state index contributed by atoms with van der Waals surface area (Å²) in [5, 5.41) is 4.03. The molecule has 27 heavy (non-hydrogen) atoms. The quantitative estimate of drug-likeness (QED) is 0.566. The monoisotopic (exact) mass is 376 g/mol. The van der Waals surface area contributed by atoms with Gasteiger partial charge in [-0.25, -0.2) is 9.82 Å². The normalized spacial score (nSPS) is 10.9. The van der Waals surface area contributed by atoms with E-state index < -0.39 is 11.7 Å². The Morgan fingerprint density at radius 1 is 1.04 bits per heavy atom. The van der Waals surface area contributed by atoms with Gasteiger partial charge in [0.2, 0.25) is 5.75 Å². The molecule has 0 spiro atoms. The topological polar surface area (TPSA) is 78.4 Å². The van der Waals surface area contributed by atoms with Crippen LogP contribution in [0.4, 0.5) is 4.39 Å². The maximum Gasteiger partial charge on any atom is 0.277 e. The summed E-state index contributed by atoms with van der Waals surface area (Å²) in [6.45, 7) is 1.34. The Morgan fingerprint density at radius 3 is 2.22 bits per heavy atom. The Morgan fingerprint density at radius 2 is 1.67 bits per heavy atom. The summed E-state index contributed by atoms with van der Waals surface area (Å²) in [4.78, 5) is 11.9. The molecule has 8 heteroatoms. The molecule has 1 amide bonds. The smallest absolute Gasteiger partial charge is 0.277 e. The molecule has 0 unspecified atom stereocenters. The van der Waals surface area contributed by atoms with E-state index in [1.54, 1.807) is 25.1 Å². The van der Waals surface area contributed by atoms with Crippen LogP contribution in [0.3, 0.4) is 0 Å². The highest BCUT2D eigenvalue weighted by Crippen LogP contribution is 2.38. The summed E-state index contributed by atoms with van der Waals surface area (Å²) in [5.74, 6) is 0.329. The van der Waals surface area contributed by atoms with Crippen LogP contribution in [-0.4, -0.2) is 39.6 Å². The molecular weight excluding hydrogens is 355 g/mol. The summed E-state index contributed by atoms with van der Waals surface area (Å²) in [6.07, 6.45) is 0. The lowest BCUT2D eigenvalue weighted by atomic mass is 10.1. The van der Waals surface area contributed by atoms with Gasteiger partial charge in [0.15, 0.2) is 29.7 Å². The Hall–Kier alpha value is -3.29. The van der Waals surface area contributed by atoms with Crippen LogP contribution in [0.1, 0.15) is 12.5 Å². The van der Waals surface area contributed by atoms with Gasteiger partial charge in [0.25, 0.3) is 5.91 Å². The zero-order chi connectivity index (χ0) is 19.8. The van der Waals surface area contributed by atoms with E-state index in [1.807, 2.05) is 0 Å². The van der Waals surface area contributed by atoms with E-state index in [4.69, 9.17) is 18.9 Å². The summed E-state index contributed by atoms with van der Waals surface area (Å²) < 4.78 is 34.4. The van der Waals surface area contributed by atoms with Gasteiger partial charge in [0.05, 0.1) is 27.0 Å². The van der Waals surface area contributed by atoms with Gasteiger partial charge in [0.1, 0.15) is 0 Å². The lowest BCUT2D eigenvalue weighted by Crippen LogP contribution is -2.25. The first-order chi connectivity index (χ1) is 13.0. The number of hydrogen-bond acceptors (Lipinski definition) is 6. The number of nitrogens with one attached hydrogen (secondary N) is 1. The van der Waals surface area contributed by atoms with E-state index >= 15 is 0 Å². The number of methoxy groups -OCH3 is 3. The Balaban J connectivity index is 2.06. The highest BCUT2D eigenvalue weighted by molar-refractivity contribution is 6.00. The summed E-state index contributed by atoms with van der Waals surface area (Å²) in [5.41, 5.74) is 3.54. The predicted octanol–water partition coefficient (Wildman–Crippen LogP) is 2.77. The van der Waals surface area contributed by atoms with Crippen LogP contribution >= 0.6 is 0 Å². The third-order valence-electron chi connectivity index (χ3n) is 3.63. The number of amides is 1. The molecule has 0 aliphatic heterocycles. The Labute approximate surface area is 156 Å². The highest BCUT2D eigenvalue weighted by atomic mass is 19.1. The number of rotatable bonds is 8. The Bertz CT molecular complexity index is 814. The van der Waals surface area contributed by atoms with Gasteiger partial charge in [-0.05, 0) is 31.2 Å². The van der Waals surface area contributed by atoms with Gasteiger partial charge in [-0.3, -0.25) is 4.79 Å².